The van der Waals surface area contributed by atoms with Gasteiger partial charge in [-0.3, -0.25) is 0 Å². The van der Waals surface area contributed by atoms with E-state index in [0.29, 0.717) is 6.61 Å². The van der Waals surface area contributed by atoms with Gasteiger partial charge in [-0.15, -0.1) is 0 Å². The predicted molar refractivity (Wildman–Crippen MR) is 62.6 cm³/mol. The van der Waals surface area contributed by atoms with Gasteiger partial charge >= 0.3 is 5.97 Å². The number of hydrogen-bond acceptors (Lipinski definition) is 3. The summed E-state index contributed by atoms with van der Waals surface area (Å²) < 4.78 is 9.56. The summed E-state index contributed by atoms with van der Waals surface area (Å²) in [5.74, 6) is -0.440. The molecule has 84 valence electrons. The molecule has 0 fully saturated rings. The molecule has 0 amide bonds. The van der Waals surface area contributed by atoms with E-state index in [1.54, 1.807) is 0 Å². The second-order valence-corrected chi connectivity index (χ2v) is 3.11. The summed E-state index contributed by atoms with van der Waals surface area (Å²) in [7, 11) is 1.32. The molecule has 0 aromatic heterocycles. The lowest BCUT2D eigenvalue weighted by Crippen LogP contribution is -1.96. The van der Waals surface area contributed by atoms with Crippen molar-refractivity contribution in [3.05, 3.63) is 54.8 Å². The third kappa shape index (κ3) is 4.00. The van der Waals surface area contributed by atoms with Gasteiger partial charge in [0.25, 0.3) is 0 Å². The van der Waals surface area contributed by atoms with Crippen LogP contribution in [-0.2, 0) is 14.3 Å². The van der Waals surface area contributed by atoms with Crippen molar-refractivity contribution in [2.24, 2.45) is 0 Å². The van der Waals surface area contributed by atoms with Crippen molar-refractivity contribution in [2.75, 3.05) is 13.7 Å². The van der Waals surface area contributed by atoms with Crippen LogP contribution in [-0.4, -0.2) is 19.7 Å². The Balaban J connectivity index is 2.37. The summed E-state index contributed by atoms with van der Waals surface area (Å²) >= 11 is 0. The van der Waals surface area contributed by atoms with E-state index in [0.717, 1.165) is 11.1 Å². The zero-order valence-corrected chi connectivity index (χ0v) is 9.18. The summed E-state index contributed by atoms with van der Waals surface area (Å²) in [4.78, 5) is 10.7. The topological polar surface area (TPSA) is 35.5 Å². The molecule has 1 aromatic rings. The molecule has 0 radical (unpaired) electrons. The van der Waals surface area contributed by atoms with Gasteiger partial charge in [0.2, 0.25) is 0 Å². The smallest absolute Gasteiger partial charge is 0.333 e. The monoisotopic (exact) mass is 218 g/mol. The molecule has 3 nitrogen and oxygen atoms in total. The van der Waals surface area contributed by atoms with Crippen LogP contribution in [0.1, 0.15) is 5.56 Å². The second kappa shape index (κ2) is 6.45. The molecule has 0 unspecified atom stereocenters. The molecule has 0 heterocycles. The maximum Gasteiger partial charge on any atom is 0.333 e. The third-order valence-electron chi connectivity index (χ3n) is 1.94. The van der Waals surface area contributed by atoms with Crippen LogP contribution in [0.25, 0.3) is 5.57 Å². The van der Waals surface area contributed by atoms with Gasteiger partial charge in [-0.2, -0.15) is 0 Å². The second-order valence-electron chi connectivity index (χ2n) is 3.11. The average Bonchev–Trinajstić information content (AvgIpc) is 2.35. The Bertz CT molecular complexity index is 379. The summed E-state index contributed by atoms with van der Waals surface area (Å²) in [6.45, 7) is 4.23. The highest BCUT2D eigenvalue weighted by atomic mass is 16.5. The number of carbonyl (C=O) groups excluding carboxylic acids is 1. The van der Waals surface area contributed by atoms with Crippen molar-refractivity contribution in [1.82, 2.24) is 0 Å². The molecule has 0 spiro atoms. The highest BCUT2D eigenvalue weighted by Crippen LogP contribution is 2.11. The number of benzene rings is 1. The molecule has 0 saturated heterocycles. The molecule has 1 aromatic carbocycles. The van der Waals surface area contributed by atoms with Gasteiger partial charge in [-0.1, -0.05) is 36.9 Å². The van der Waals surface area contributed by atoms with E-state index >= 15 is 0 Å². The van der Waals surface area contributed by atoms with Crippen molar-refractivity contribution in [2.45, 2.75) is 0 Å². The van der Waals surface area contributed by atoms with Gasteiger partial charge < -0.3 is 9.47 Å². The molecule has 1 rings (SSSR count). The lowest BCUT2D eigenvalue weighted by atomic mass is 10.1. The number of rotatable bonds is 5. The Morgan fingerprint density at radius 3 is 2.69 bits per heavy atom. The van der Waals surface area contributed by atoms with Gasteiger partial charge in [0.15, 0.2) is 0 Å². The Kier molecular flexibility index (Phi) is 4.86. The molecular formula is C13H14O3. The minimum absolute atomic E-state index is 0.345. The van der Waals surface area contributed by atoms with Crippen LogP contribution in [0.15, 0.2) is 49.2 Å². The standard InChI is InChI=1S/C13H14O3/c1-11(12-6-4-3-5-7-12)10-16-9-8-13(14)15-2/h3-9H,1,10H2,2H3/b9-8+. The number of carbonyl (C=O) groups is 1. The zero-order chi connectivity index (χ0) is 11.8. The number of methoxy groups -OCH3 is 1. The van der Waals surface area contributed by atoms with E-state index in [-0.39, 0.29) is 0 Å². The van der Waals surface area contributed by atoms with Crippen LogP contribution >= 0.6 is 0 Å². The summed E-state index contributed by atoms with van der Waals surface area (Å²) in [5.41, 5.74) is 1.88. The molecule has 3 heteroatoms. The lowest BCUT2D eigenvalue weighted by molar-refractivity contribution is -0.134. The summed E-state index contributed by atoms with van der Waals surface area (Å²) in [6, 6.07) is 9.72. The minimum Gasteiger partial charge on any atom is -0.496 e. The van der Waals surface area contributed by atoms with E-state index in [9.17, 15) is 4.79 Å². The first-order valence-corrected chi connectivity index (χ1v) is 4.83. The van der Waals surface area contributed by atoms with Gasteiger partial charge in [-0.25, -0.2) is 4.79 Å². The largest absolute Gasteiger partial charge is 0.496 e. The van der Waals surface area contributed by atoms with Crippen LogP contribution in [0.4, 0.5) is 0 Å². The molecular weight excluding hydrogens is 204 g/mol. The van der Waals surface area contributed by atoms with Crippen LogP contribution in [0.2, 0.25) is 0 Å². The van der Waals surface area contributed by atoms with Gasteiger partial charge in [0.1, 0.15) is 6.61 Å². The van der Waals surface area contributed by atoms with Gasteiger partial charge in [-0.05, 0) is 11.1 Å². The predicted octanol–water partition coefficient (Wildman–Crippen LogP) is 2.40. The number of ether oxygens (including phenoxy) is 2. The fourth-order valence-electron chi connectivity index (χ4n) is 1.08. The molecule has 0 aliphatic rings. The maximum atomic E-state index is 10.7. The average molecular weight is 218 g/mol. The van der Waals surface area contributed by atoms with Crippen molar-refractivity contribution < 1.29 is 14.3 Å². The van der Waals surface area contributed by atoms with Crippen molar-refractivity contribution in [1.29, 1.82) is 0 Å². The SMILES string of the molecule is C=C(CO/C=C/C(=O)OC)c1ccccc1. The van der Waals surface area contributed by atoms with Crippen LogP contribution in [0.3, 0.4) is 0 Å². The Labute approximate surface area is 95.0 Å². The molecule has 0 atom stereocenters. The fourth-order valence-corrected chi connectivity index (χ4v) is 1.08. The molecule has 0 N–H and O–H groups in total. The highest BCUT2D eigenvalue weighted by molar-refractivity contribution is 5.81. The summed E-state index contributed by atoms with van der Waals surface area (Å²) in [5, 5.41) is 0. The van der Waals surface area contributed by atoms with Crippen molar-refractivity contribution >= 4 is 11.5 Å². The first kappa shape index (κ1) is 12.0. The Morgan fingerprint density at radius 1 is 1.38 bits per heavy atom. The van der Waals surface area contributed by atoms with E-state index in [1.165, 1.54) is 19.4 Å². The molecule has 0 bridgehead atoms. The quantitative estimate of drug-likeness (QED) is 0.432. The Hall–Kier alpha value is -2.03. The first-order chi connectivity index (χ1) is 7.74. The molecule has 16 heavy (non-hydrogen) atoms. The Morgan fingerprint density at radius 2 is 2.06 bits per heavy atom. The lowest BCUT2D eigenvalue weighted by Gasteiger charge is -2.04. The van der Waals surface area contributed by atoms with E-state index in [4.69, 9.17) is 4.74 Å². The minimum atomic E-state index is -0.440. The third-order valence-corrected chi connectivity index (χ3v) is 1.94. The van der Waals surface area contributed by atoms with E-state index in [2.05, 4.69) is 11.3 Å². The number of hydrogen-bond donors (Lipinski definition) is 0. The van der Waals surface area contributed by atoms with E-state index < -0.39 is 5.97 Å². The normalized spacial score (nSPS) is 10.1. The summed E-state index contributed by atoms with van der Waals surface area (Å²) in [6.07, 6.45) is 2.53. The maximum absolute atomic E-state index is 10.7. The van der Waals surface area contributed by atoms with Crippen molar-refractivity contribution in [3.8, 4) is 0 Å². The molecule has 0 saturated carbocycles. The fraction of sp³-hybridized carbons (Fsp3) is 0.154. The van der Waals surface area contributed by atoms with Crippen molar-refractivity contribution in [3.63, 3.8) is 0 Å². The zero-order valence-electron chi connectivity index (χ0n) is 9.18. The number of esters is 1. The molecule has 0 aliphatic heterocycles. The first-order valence-electron chi connectivity index (χ1n) is 4.83. The van der Waals surface area contributed by atoms with Crippen LogP contribution in [0, 0.1) is 0 Å². The van der Waals surface area contributed by atoms with Crippen LogP contribution in [0.5, 0.6) is 0 Å². The van der Waals surface area contributed by atoms with E-state index in [1.807, 2.05) is 30.3 Å². The van der Waals surface area contributed by atoms with Gasteiger partial charge in [0, 0.05) is 0 Å². The molecule has 0 aliphatic carbocycles. The highest BCUT2D eigenvalue weighted by Gasteiger charge is 1.97. The van der Waals surface area contributed by atoms with Crippen LogP contribution < -0.4 is 0 Å². The van der Waals surface area contributed by atoms with Gasteiger partial charge in [0.05, 0.1) is 19.4 Å².